The quantitative estimate of drug-likeness (QED) is 0.465. The Morgan fingerprint density at radius 3 is 1.17 bits per heavy atom. The molecule has 0 aromatic carbocycles. The Morgan fingerprint density at radius 1 is 1.00 bits per heavy atom. The number of unbranched alkanes of at least 4 members (excludes halogenated alkanes) is 1. The molecule has 36 valence electrons. The number of hydrogen-bond donors (Lipinski definition) is 0. The van der Waals surface area contributed by atoms with Crippen LogP contribution >= 0.6 is 0 Å². The normalized spacial score (nSPS) is 5.00. The summed E-state index contributed by atoms with van der Waals surface area (Å²) < 4.78 is 0. The van der Waals surface area contributed by atoms with Crippen molar-refractivity contribution in [1.29, 1.82) is 0 Å². The van der Waals surface area contributed by atoms with Gasteiger partial charge < -0.3 is 0 Å². The molecule has 0 rings (SSSR count). The fourth-order valence-corrected chi connectivity index (χ4v) is 0. The lowest BCUT2D eigenvalue weighted by Crippen LogP contribution is -1.47. The Balaban J connectivity index is -0.0000000450. The molecule has 6 radical (unpaired) electrons. The van der Waals surface area contributed by atoms with Crippen LogP contribution in [-0.4, -0.2) is 0 Å². The van der Waals surface area contributed by atoms with E-state index in [0.29, 0.717) is 0 Å². The molecular formula is C5H10O. The molecule has 0 spiro atoms. The standard InChI is InChI=1S/C4H10.C.O/c1-3-4-2;;/h3-4H2,1-2H3;;. The molecule has 0 aromatic rings. The lowest BCUT2D eigenvalue weighted by atomic mass is 10.4. The van der Waals surface area contributed by atoms with Gasteiger partial charge in [-0.15, -0.1) is 0 Å². The van der Waals surface area contributed by atoms with Gasteiger partial charge in [0.1, 0.15) is 0 Å². The zero-order chi connectivity index (χ0) is 3.41. The summed E-state index contributed by atoms with van der Waals surface area (Å²) in [7, 11) is 0. The maximum absolute atomic E-state index is 2.18. The van der Waals surface area contributed by atoms with Crippen LogP contribution in [0.15, 0.2) is 0 Å². The highest BCUT2D eigenvalue weighted by atomic mass is 16.0. The van der Waals surface area contributed by atoms with Crippen molar-refractivity contribution in [3.05, 3.63) is 7.43 Å². The summed E-state index contributed by atoms with van der Waals surface area (Å²) in [6.07, 6.45) is 2.64. The summed E-state index contributed by atoms with van der Waals surface area (Å²) in [4.78, 5) is 0. The van der Waals surface area contributed by atoms with Gasteiger partial charge in [-0.25, -0.2) is 0 Å². The molecule has 0 amide bonds. The molecule has 0 unspecified atom stereocenters. The first-order valence-corrected chi connectivity index (χ1v) is 1.91. The van der Waals surface area contributed by atoms with E-state index in [4.69, 9.17) is 0 Å². The second kappa shape index (κ2) is 20.2. The third-order valence-corrected chi connectivity index (χ3v) is 0.500. The van der Waals surface area contributed by atoms with Crippen LogP contribution in [0.4, 0.5) is 0 Å². The number of hydrogen-bond acceptors (Lipinski definition) is 0. The topological polar surface area (TPSA) is 28.5 Å². The Labute approximate surface area is 40.7 Å². The summed E-state index contributed by atoms with van der Waals surface area (Å²) in [6.45, 7) is 4.36. The van der Waals surface area contributed by atoms with Gasteiger partial charge in [0.2, 0.25) is 0 Å². The third kappa shape index (κ3) is 37.6. The van der Waals surface area contributed by atoms with Gasteiger partial charge in [0.15, 0.2) is 0 Å². The number of rotatable bonds is 1. The smallest absolute Gasteiger partial charge is 0 e. The van der Waals surface area contributed by atoms with Crippen LogP contribution < -0.4 is 0 Å². The molecular weight excluding hydrogens is 76.1 g/mol. The zero-order valence-electron chi connectivity index (χ0n) is 4.32. The van der Waals surface area contributed by atoms with Crippen LogP contribution in [0.1, 0.15) is 26.7 Å². The molecule has 0 heterocycles. The van der Waals surface area contributed by atoms with E-state index in [9.17, 15) is 0 Å². The predicted octanol–water partition coefficient (Wildman–Crippen LogP) is 1.77. The minimum absolute atomic E-state index is 0. The summed E-state index contributed by atoms with van der Waals surface area (Å²) in [6, 6.07) is 0. The van der Waals surface area contributed by atoms with Gasteiger partial charge in [0.25, 0.3) is 0 Å². The van der Waals surface area contributed by atoms with Crippen molar-refractivity contribution in [2.45, 2.75) is 26.7 Å². The minimum atomic E-state index is 0. The Morgan fingerprint density at radius 2 is 1.17 bits per heavy atom. The van der Waals surface area contributed by atoms with Gasteiger partial charge in [-0.3, -0.25) is 0 Å². The van der Waals surface area contributed by atoms with Crippen molar-refractivity contribution in [3.63, 3.8) is 0 Å². The molecule has 1 nitrogen and oxygen atoms in total. The summed E-state index contributed by atoms with van der Waals surface area (Å²) in [5.74, 6) is 0. The van der Waals surface area contributed by atoms with Crippen LogP contribution in [0.5, 0.6) is 0 Å². The highest BCUT2D eigenvalue weighted by molar-refractivity contribution is 4.12. The van der Waals surface area contributed by atoms with Gasteiger partial charge in [0, 0.05) is 12.9 Å². The monoisotopic (exact) mass is 86.1 g/mol. The van der Waals surface area contributed by atoms with E-state index in [-0.39, 0.29) is 12.9 Å². The first kappa shape index (κ1) is 16.7. The Bertz CT molecular complexity index is 5.90. The van der Waals surface area contributed by atoms with E-state index >= 15 is 0 Å². The average Bonchev–Trinajstić information content (AvgIpc) is 1.37. The molecule has 0 saturated heterocycles. The van der Waals surface area contributed by atoms with Crippen molar-refractivity contribution in [2.24, 2.45) is 0 Å². The van der Waals surface area contributed by atoms with E-state index in [2.05, 4.69) is 13.8 Å². The summed E-state index contributed by atoms with van der Waals surface area (Å²) in [5, 5.41) is 0. The van der Waals surface area contributed by atoms with Gasteiger partial charge >= 0.3 is 0 Å². The Hall–Kier alpha value is -0.0400. The lowest BCUT2D eigenvalue weighted by molar-refractivity contribution is 0.686. The van der Waals surface area contributed by atoms with Crippen molar-refractivity contribution >= 4 is 0 Å². The molecule has 6 heavy (non-hydrogen) atoms. The molecule has 0 aromatic heterocycles. The van der Waals surface area contributed by atoms with E-state index in [0.717, 1.165) is 0 Å². The van der Waals surface area contributed by atoms with Crippen LogP contribution in [0.2, 0.25) is 0 Å². The van der Waals surface area contributed by atoms with Crippen molar-refractivity contribution in [1.82, 2.24) is 0 Å². The molecule has 0 atom stereocenters. The Kier molecular flexibility index (Phi) is 56.5. The summed E-state index contributed by atoms with van der Waals surface area (Å²) in [5.41, 5.74) is 0. The first-order valence-electron chi connectivity index (χ1n) is 1.91. The van der Waals surface area contributed by atoms with E-state index < -0.39 is 0 Å². The summed E-state index contributed by atoms with van der Waals surface area (Å²) >= 11 is 0. The maximum Gasteiger partial charge on any atom is 0 e. The second-order valence-electron chi connectivity index (χ2n) is 1.000. The molecule has 0 bridgehead atoms. The van der Waals surface area contributed by atoms with Crippen LogP contribution in [0.25, 0.3) is 0 Å². The van der Waals surface area contributed by atoms with Gasteiger partial charge in [-0.2, -0.15) is 0 Å². The molecule has 0 fully saturated rings. The highest BCUT2D eigenvalue weighted by Gasteiger charge is 1.56. The molecule has 0 N–H and O–H groups in total. The zero-order valence-corrected chi connectivity index (χ0v) is 4.32. The molecule has 1 heteroatoms. The van der Waals surface area contributed by atoms with Crippen LogP contribution in [-0.2, 0) is 5.48 Å². The highest BCUT2D eigenvalue weighted by Crippen LogP contribution is 1.76. The minimum Gasteiger partial charge on any atom is -0.0654 e. The average molecular weight is 86.1 g/mol. The molecule has 0 aliphatic rings. The van der Waals surface area contributed by atoms with Crippen LogP contribution in [0.3, 0.4) is 0 Å². The fraction of sp³-hybridized carbons (Fsp3) is 0.800. The third-order valence-electron chi connectivity index (χ3n) is 0.500. The lowest BCUT2D eigenvalue weighted by Gasteiger charge is -1.68. The SMILES string of the molecule is CCCC.[C].[O]. The first-order chi connectivity index (χ1) is 1.91. The van der Waals surface area contributed by atoms with Gasteiger partial charge in [-0.1, -0.05) is 26.7 Å². The maximum atomic E-state index is 2.18. The fourth-order valence-electron chi connectivity index (χ4n) is 0. The molecule has 0 saturated carbocycles. The van der Waals surface area contributed by atoms with Crippen molar-refractivity contribution in [3.8, 4) is 0 Å². The van der Waals surface area contributed by atoms with E-state index in [1.165, 1.54) is 12.8 Å². The van der Waals surface area contributed by atoms with Crippen LogP contribution in [0, 0.1) is 7.43 Å². The second-order valence-corrected chi connectivity index (χ2v) is 1.000. The molecule has 0 aliphatic carbocycles. The van der Waals surface area contributed by atoms with E-state index in [1.807, 2.05) is 0 Å². The van der Waals surface area contributed by atoms with E-state index in [1.54, 1.807) is 0 Å². The van der Waals surface area contributed by atoms with Gasteiger partial charge in [0.05, 0.1) is 0 Å². The van der Waals surface area contributed by atoms with Crippen molar-refractivity contribution < 1.29 is 5.48 Å². The molecule has 0 aliphatic heterocycles. The van der Waals surface area contributed by atoms with Gasteiger partial charge in [-0.05, 0) is 0 Å². The predicted molar refractivity (Wildman–Crippen MR) is 24.5 cm³/mol. The van der Waals surface area contributed by atoms with Crippen molar-refractivity contribution in [2.75, 3.05) is 0 Å². The largest absolute Gasteiger partial charge is 0.0654 e.